The summed E-state index contributed by atoms with van der Waals surface area (Å²) in [5.41, 5.74) is 0.517. The average Bonchev–Trinajstić information content (AvgIpc) is 2.26. The number of halogens is 3. The van der Waals surface area contributed by atoms with E-state index in [9.17, 15) is 21.9 Å². The van der Waals surface area contributed by atoms with Gasteiger partial charge in [0.25, 0.3) is 0 Å². The molecular weight excluding hydrogens is 255 g/mol. The lowest BCUT2D eigenvalue weighted by Crippen LogP contribution is -2.32. The average molecular weight is 264 g/mol. The van der Waals surface area contributed by atoms with Crippen LogP contribution in [-0.4, -0.2) is 19.6 Å². The van der Waals surface area contributed by atoms with Gasteiger partial charge >= 0.3 is 6.18 Å². The van der Waals surface area contributed by atoms with Gasteiger partial charge in [-0.3, -0.25) is 4.21 Å². The van der Waals surface area contributed by atoms with Gasteiger partial charge in [0.2, 0.25) is 0 Å². The van der Waals surface area contributed by atoms with E-state index in [1.54, 1.807) is 0 Å². The highest BCUT2D eigenvalue weighted by molar-refractivity contribution is 7.76. The Morgan fingerprint density at radius 2 is 2.00 bits per heavy atom. The molecule has 0 bridgehead atoms. The van der Waals surface area contributed by atoms with Crippen LogP contribution in [0.15, 0.2) is 18.2 Å². The van der Waals surface area contributed by atoms with E-state index in [1.807, 2.05) is 0 Å². The van der Waals surface area contributed by atoms with Crippen molar-refractivity contribution < 1.29 is 21.9 Å². The number of hydrogen-bond acceptors (Lipinski definition) is 2. The van der Waals surface area contributed by atoms with E-state index in [0.717, 1.165) is 12.1 Å². The van der Waals surface area contributed by atoms with Crippen LogP contribution in [0.1, 0.15) is 16.7 Å². The minimum atomic E-state index is -4.35. The maximum absolute atomic E-state index is 12.5. The quantitative estimate of drug-likeness (QED) is 0.727. The van der Waals surface area contributed by atoms with Crippen molar-refractivity contribution in [2.24, 2.45) is 0 Å². The van der Waals surface area contributed by atoms with Crippen LogP contribution in [0.3, 0.4) is 0 Å². The minimum Gasteiger partial charge on any atom is -0.760 e. The Morgan fingerprint density at radius 1 is 1.29 bits per heavy atom. The fourth-order valence-corrected chi connectivity index (χ4v) is 2.32. The van der Waals surface area contributed by atoms with Crippen LogP contribution in [-0.2, 0) is 30.4 Å². The molecule has 2 rings (SSSR count). The summed E-state index contributed by atoms with van der Waals surface area (Å²) in [5.74, 6) is 0. The van der Waals surface area contributed by atoms with Gasteiger partial charge in [0, 0.05) is 24.4 Å². The summed E-state index contributed by atoms with van der Waals surface area (Å²) in [6.45, 7) is 0.369. The highest BCUT2D eigenvalue weighted by atomic mass is 32.2. The second-order valence-corrected chi connectivity index (χ2v) is 4.76. The lowest BCUT2D eigenvalue weighted by molar-refractivity contribution is -0.137. The molecule has 0 spiro atoms. The summed E-state index contributed by atoms with van der Waals surface area (Å²) in [5, 5.41) is 0. The first-order valence-corrected chi connectivity index (χ1v) is 5.94. The van der Waals surface area contributed by atoms with Gasteiger partial charge in [0.05, 0.1) is 5.56 Å². The van der Waals surface area contributed by atoms with E-state index >= 15 is 0 Å². The van der Waals surface area contributed by atoms with Crippen LogP contribution in [0.25, 0.3) is 0 Å². The van der Waals surface area contributed by atoms with Crippen LogP contribution >= 0.6 is 0 Å². The van der Waals surface area contributed by atoms with Gasteiger partial charge in [0.1, 0.15) is 0 Å². The maximum atomic E-state index is 12.5. The van der Waals surface area contributed by atoms with Crippen molar-refractivity contribution in [1.29, 1.82) is 0 Å². The summed E-state index contributed by atoms with van der Waals surface area (Å²) in [4.78, 5) is 0. The zero-order chi connectivity index (χ0) is 12.6. The van der Waals surface area contributed by atoms with Gasteiger partial charge in [-0.15, -0.1) is 0 Å². The summed E-state index contributed by atoms with van der Waals surface area (Å²) >= 11 is -2.32. The third-order valence-corrected chi connectivity index (χ3v) is 3.45. The van der Waals surface area contributed by atoms with E-state index in [4.69, 9.17) is 0 Å². The summed E-state index contributed by atoms with van der Waals surface area (Å²) in [7, 11) is 0. The third kappa shape index (κ3) is 2.67. The Kier molecular flexibility index (Phi) is 3.24. The first kappa shape index (κ1) is 12.5. The molecule has 1 atom stereocenters. The predicted octanol–water partition coefficient (Wildman–Crippen LogP) is 1.86. The Bertz CT molecular complexity index is 461. The van der Waals surface area contributed by atoms with Crippen LogP contribution < -0.4 is 0 Å². The smallest absolute Gasteiger partial charge is 0.416 e. The van der Waals surface area contributed by atoms with Gasteiger partial charge in [-0.1, -0.05) is 6.07 Å². The molecule has 0 aliphatic carbocycles. The van der Waals surface area contributed by atoms with Crippen LogP contribution in [0.4, 0.5) is 13.2 Å². The molecule has 0 saturated heterocycles. The van der Waals surface area contributed by atoms with Gasteiger partial charge in [0.15, 0.2) is 0 Å². The number of hydrogen-bond donors (Lipinski definition) is 0. The zero-order valence-corrected chi connectivity index (χ0v) is 9.48. The third-order valence-electron chi connectivity index (χ3n) is 2.72. The Labute approximate surface area is 98.7 Å². The zero-order valence-electron chi connectivity index (χ0n) is 8.66. The number of benzene rings is 1. The van der Waals surface area contributed by atoms with Gasteiger partial charge in [-0.25, -0.2) is 4.31 Å². The van der Waals surface area contributed by atoms with E-state index in [2.05, 4.69) is 0 Å². The first-order valence-electron chi connectivity index (χ1n) is 4.91. The number of rotatable bonds is 1. The standard InChI is InChI=1S/C10H10F3NO2S/c11-10(12,13)9-2-1-8-6-14(17(15)16)4-3-7(8)5-9/h1-2,5H,3-4,6H2,(H,15,16)/p-1. The molecule has 0 radical (unpaired) electrons. The lowest BCUT2D eigenvalue weighted by Gasteiger charge is -2.30. The maximum Gasteiger partial charge on any atom is 0.416 e. The summed E-state index contributed by atoms with van der Waals surface area (Å²) in [6.07, 6.45) is -4.04. The Morgan fingerprint density at radius 3 is 2.59 bits per heavy atom. The molecule has 1 aromatic carbocycles. The fourth-order valence-electron chi connectivity index (χ4n) is 1.83. The Balaban J connectivity index is 2.29. The predicted molar refractivity (Wildman–Crippen MR) is 54.5 cm³/mol. The highest BCUT2D eigenvalue weighted by Gasteiger charge is 2.31. The molecule has 7 heteroatoms. The Hall–Kier alpha value is -0.920. The van der Waals surface area contributed by atoms with E-state index in [0.29, 0.717) is 17.5 Å². The normalized spacial score (nSPS) is 18.8. The van der Waals surface area contributed by atoms with Crippen LogP contribution in [0.2, 0.25) is 0 Å². The molecule has 1 unspecified atom stereocenters. The molecule has 3 nitrogen and oxygen atoms in total. The van der Waals surface area contributed by atoms with Gasteiger partial charge in [-0.2, -0.15) is 13.2 Å². The lowest BCUT2D eigenvalue weighted by atomic mass is 9.98. The molecule has 1 aromatic rings. The molecule has 0 amide bonds. The largest absolute Gasteiger partial charge is 0.760 e. The van der Waals surface area contributed by atoms with Crippen molar-refractivity contribution in [3.63, 3.8) is 0 Å². The van der Waals surface area contributed by atoms with Crippen molar-refractivity contribution in [3.05, 3.63) is 34.9 Å². The molecule has 1 aliphatic rings. The second kappa shape index (κ2) is 4.40. The number of fused-ring (bicyclic) bond motifs is 1. The van der Waals surface area contributed by atoms with Crippen LogP contribution in [0, 0.1) is 0 Å². The van der Waals surface area contributed by atoms with Crippen LogP contribution in [0.5, 0.6) is 0 Å². The fraction of sp³-hybridized carbons (Fsp3) is 0.400. The molecule has 17 heavy (non-hydrogen) atoms. The van der Waals surface area contributed by atoms with Gasteiger partial charge < -0.3 is 4.55 Å². The molecule has 0 N–H and O–H groups in total. The molecule has 1 heterocycles. The minimum absolute atomic E-state index is 0.142. The van der Waals surface area contributed by atoms with Gasteiger partial charge in [-0.05, 0) is 29.7 Å². The molecule has 0 fully saturated rings. The number of nitrogens with zero attached hydrogens (tertiary/aromatic N) is 1. The molecule has 0 saturated carbocycles. The van der Waals surface area contributed by atoms with E-state index < -0.39 is 23.0 Å². The van der Waals surface area contributed by atoms with Crippen molar-refractivity contribution >= 4 is 11.3 Å². The van der Waals surface area contributed by atoms with Crippen molar-refractivity contribution in [2.45, 2.75) is 19.1 Å². The highest BCUT2D eigenvalue weighted by Crippen LogP contribution is 2.32. The molecule has 0 aromatic heterocycles. The summed E-state index contributed by atoms with van der Waals surface area (Å²) in [6, 6.07) is 3.42. The molecular formula is C10H9F3NO2S-. The summed E-state index contributed by atoms with van der Waals surface area (Å²) < 4.78 is 60.0. The topological polar surface area (TPSA) is 43.4 Å². The first-order chi connectivity index (χ1) is 7.88. The number of alkyl halides is 3. The van der Waals surface area contributed by atoms with Crippen molar-refractivity contribution in [2.75, 3.05) is 6.54 Å². The van der Waals surface area contributed by atoms with E-state index in [1.165, 1.54) is 10.4 Å². The monoisotopic (exact) mass is 264 g/mol. The molecule has 1 aliphatic heterocycles. The van der Waals surface area contributed by atoms with E-state index in [-0.39, 0.29) is 13.1 Å². The second-order valence-electron chi connectivity index (χ2n) is 3.81. The SMILES string of the molecule is O=S([O-])N1CCc2cc(C(F)(F)F)ccc2C1. The van der Waals surface area contributed by atoms with Crippen molar-refractivity contribution in [1.82, 2.24) is 4.31 Å². The molecule has 94 valence electrons. The van der Waals surface area contributed by atoms with Crippen molar-refractivity contribution in [3.8, 4) is 0 Å².